The highest BCUT2D eigenvalue weighted by Crippen LogP contribution is 2.33. The monoisotopic (exact) mass is 355 g/mol. The van der Waals surface area contributed by atoms with Gasteiger partial charge in [0.05, 0.1) is 29.8 Å². The van der Waals surface area contributed by atoms with Crippen LogP contribution in [0, 0.1) is 6.92 Å². The lowest BCUT2D eigenvalue weighted by Gasteiger charge is -2.34. The summed E-state index contributed by atoms with van der Waals surface area (Å²) >= 11 is 0. The molecule has 1 aliphatic carbocycles. The van der Waals surface area contributed by atoms with Crippen molar-refractivity contribution in [3.05, 3.63) is 22.5 Å². The Labute approximate surface area is 140 Å². The molecule has 6 nitrogen and oxygen atoms in total. The number of pyridine rings is 1. The summed E-state index contributed by atoms with van der Waals surface area (Å²) in [6, 6.07) is 0. The molecule has 1 amide bonds. The standard InChI is InChI=1S/C16H16F3N3O3/c1-8-12-13(9-3-2-4-10(9)20-14(12)25-21-8)15(23)22-5-6-24-11(7-22)16(17,18)19/h11H,2-7H2,1H3. The molecular formula is C16H16F3N3O3. The summed E-state index contributed by atoms with van der Waals surface area (Å²) < 4.78 is 48.9. The number of aromatic nitrogens is 2. The number of hydrogen-bond donors (Lipinski definition) is 0. The Kier molecular flexibility index (Phi) is 3.71. The van der Waals surface area contributed by atoms with Gasteiger partial charge in [-0.25, -0.2) is 4.98 Å². The Morgan fingerprint density at radius 2 is 2.12 bits per heavy atom. The highest BCUT2D eigenvalue weighted by atomic mass is 19.4. The van der Waals surface area contributed by atoms with Gasteiger partial charge in [-0.05, 0) is 31.7 Å². The van der Waals surface area contributed by atoms with Crippen molar-refractivity contribution in [2.75, 3.05) is 19.7 Å². The van der Waals surface area contributed by atoms with Gasteiger partial charge in [0, 0.05) is 12.2 Å². The maximum Gasteiger partial charge on any atom is 0.416 e. The van der Waals surface area contributed by atoms with Gasteiger partial charge in [0.25, 0.3) is 11.6 Å². The number of amides is 1. The van der Waals surface area contributed by atoms with Crippen molar-refractivity contribution in [1.82, 2.24) is 15.0 Å². The fourth-order valence-corrected chi connectivity index (χ4v) is 3.54. The second kappa shape index (κ2) is 5.69. The van der Waals surface area contributed by atoms with Crippen molar-refractivity contribution in [3.63, 3.8) is 0 Å². The first kappa shape index (κ1) is 16.3. The topological polar surface area (TPSA) is 68.5 Å². The Morgan fingerprint density at radius 3 is 2.88 bits per heavy atom. The maximum atomic E-state index is 13.1. The van der Waals surface area contributed by atoms with Gasteiger partial charge in [0.2, 0.25) is 0 Å². The van der Waals surface area contributed by atoms with Crippen molar-refractivity contribution in [3.8, 4) is 0 Å². The number of rotatable bonds is 1. The second-order valence-corrected chi connectivity index (χ2v) is 6.37. The number of carbonyl (C=O) groups excluding carboxylic acids is 1. The molecule has 0 bridgehead atoms. The van der Waals surface area contributed by atoms with E-state index in [1.54, 1.807) is 6.92 Å². The molecule has 0 N–H and O–H groups in total. The number of halogens is 3. The van der Waals surface area contributed by atoms with E-state index >= 15 is 0 Å². The first-order valence-corrected chi connectivity index (χ1v) is 8.11. The summed E-state index contributed by atoms with van der Waals surface area (Å²) in [7, 11) is 0. The minimum Gasteiger partial charge on any atom is -0.365 e. The Morgan fingerprint density at radius 1 is 1.32 bits per heavy atom. The smallest absolute Gasteiger partial charge is 0.365 e. The third kappa shape index (κ3) is 2.66. The lowest BCUT2D eigenvalue weighted by molar-refractivity contribution is -0.233. The predicted molar refractivity (Wildman–Crippen MR) is 80.3 cm³/mol. The molecule has 1 saturated heterocycles. The first-order chi connectivity index (χ1) is 11.9. The molecule has 9 heteroatoms. The lowest BCUT2D eigenvalue weighted by atomic mass is 10.0. The summed E-state index contributed by atoms with van der Waals surface area (Å²) in [6.07, 6.45) is -4.20. The van der Waals surface area contributed by atoms with Gasteiger partial charge in [0.15, 0.2) is 6.10 Å². The number of alkyl halides is 3. The zero-order chi connectivity index (χ0) is 17.8. The fourth-order valence-electron chi connectivity index (χ4n) is 3.54. The van der Waals surface area contributed by atoms with Gasteiger partial charge in [-0.15, -0.1) is 0 Å². The average Bonchev–Trinajstić information content (AvgIpc) is 3.18. The van der Waals surface area contributed by atoms with Gasteiger partial charge in [-0.3, -0.25) is 4.79 Å². The van der Waals surface area contributed by atoms with Crippen molar-refractivity contribution >= 4 is 17.0 Å². The highest BCUT2D eigenvalue weighted by molar-refractivity contribution is 6.07. The molecule has 0 radical (unpaired) electrons. The number of fused-ring (bicyclic) bond motifs is 2. The zero-order valence-electron chi connectivity index (χ0n) is 13.5. The highest BCUT2D eigenvalue weighted by Gasteiger charge is 2.45. The third-order valence-electron chi connectivity index (χ3n) is 4.75. The molecule has 1 atom stereocenters. The molecule has 2 aliphatic rings. The molecular weight excluding hydrogens is 339 g/mol. The van der Waals surface area contributed by atoms with Gasteiger partial charge < -0.3 is 14.2 Å². The molecule has 1 unspecified atom stereocenters. The SMILES string of the molecule is Cc1noc2nc3c(c(C(=O)N4CCOC(C(F)(F)F)C4)c12)CCC3. The second-order valence-electron chi connectivity index (χ2n) is 6.37. The summed E-state index contributed by atoms with van der Waals surface area (Å²) in [6.45, 7) is 1.16. The number of morpholine rings is 1. The first-order valence-electron chi connectivity index (χ1n) is 8.11. The van der Waals surface area contributed by atoms with E-state index in [1.165, 1.54) is 4.90 Å². The fraction of sp³-hybridized carbons (Fsp3) is 0.562. The summed E-state index contributed by atoms with van der Waals surface area (Å²) in [5.74, 6) is -0.436. The molecule has 0 spiro atoms. The molecule has 0 aromatic carbocycles. The van der Waals surface area contributed by atoms with Crippen LogP contribution in [0.3, 0.4) is 0 Å². The normalized spacial score (nSPS) is 21.0. The third-order valence-corrected chi connectivity index (χ3v) is 4.75. The molecule has 1 fully saturated rings. The van der Waals surface area contributed by atoms with Crippen LogP contribution in [0.5, 0.6) is 0 Å². The minimum atomic E-state index is -4.50. The van der Waals surface area contributed by atoms with Crippen LogP contribution >= 0.6 is 0 Å². The van der Waals surface area contributed by atoms with E-state index in [0.717, 1.165) is 24.1 Å². The van der Waals surface area contributed by atoms with Crippen LogP contribution in [0.15, 0.2) is 4.52 Å². The van der Waals surface area contributed by atoms with E-state index in [-0.39, 0.29) is 18.9 Å². The zero-order valence-corrected chi connectivity index (χ0v) is 13.5. The number of carbonyl (C=O) groups is 1. The van der Waals surface area contributed by atoms with Gasteiger partial charge in [0.1, 0.15) is 0 Å². The molecule has 1 aliphatic heterocycles. The van der Waals surface area contributed by atoms with Crippen LogP contribution in [-0.2, 0) is 17.6 Å². The molecule has 0 saturated carbocycles. The molecule has 2 aromatic rings. The van der Waals surface area contributed by atoms with Crippen molar-refractivity contribution in [2.24, 2.45) is 0 Å². The van der Waals surface area contributed by atoms with Crippen molar-refractivity contribution in [2.45, 2.75) is 38.5 Å². The summed E-state index contributed by atoms with van der Waals surface area (Å²) in [4.78, 5) is 18.7. The quantitative estimate of drug-likeness (QED) is 0.786. The Balaban J connectivity index is 1.77. The molecule has 134 valence electrons. The van der Waals surface area contributed by atoms with E-state index in [1.807, 2.05) is 0 Å². The molecule has 2 aromatic heterocycles. The van der Waals surface area contributed by atoms with Gasteiger partial charge >= 0.3 is 6.18 Å². The Hall–Kier alpha value is -2.16. The van der Waals surface area contributed by atoms with E-state index in [2.05, 4.69) is 10.1 Å². The van der Waals surface area contributed by atoms with E-state index < -0.39 is 24.7 Å². The lowest BCUT2D eigenvalue weighted by Crippen LogP contribution is -2.51. The van der Waals surface area contributed by atoms with Crippen molar-refractivity contribution in [1.29, 1.82) is 0 Å². The predicted octanol–water partition coefficient (Wildman–Crippen LogP) is 2.42. The summed E-state index contributed by atoms with van der Waals surface area (Å²) in [5, 5.41) is 4.37. The Bertz CT molecular complexity index is 846. The van der Waals surface area contributed by atoms with Gasteiger partial charge in [-0.1, -0.05) is 5.16 Å². The molecule has 25 heavy (non-hydrogen) atoms. The minimum absolute atomic E-state index is 0.119. The largest absolute Gasteiger partial charge is 0.416 e. The number of ether oxygens (including phenoxy) is 1. The number of aryl methyl sites for hydroxylation is 2. The molecule has 4 rings (SSSR count). The van der Waals surface area contributed by atoms with E-state index in [0.29, 0.717) is 23.1 Å². The van der Waals surface area contributed by atoms with Crippen molar-refractivity contribution < 1.29 is 27.2 Å². The number of hydrogen-bond acceptors (Lipinski definition) is 5. The van der Waals surface area contributed by atoms with Crippen LogP contribution in [0.25, 0.3) is 11.1 Å². The molecule has 3 heterocycles. The van der Waals surface area contributed by atoms with Crippen LogP contribution in [0.4, 0.5) is 13.2 Å². The van der Waals surface area contributed by atoms with E-state index in [4.69, 9.17) is 9.26 Å². The van der Waals surface area contributed by atoms with Crippen LogP contribution in [-0.4, -0.2) is 52.9 Å². The summed E-state index contributed by atoms with van der Waals surface area (Å²) in [5.41, 5.74) is 2.74. The van der Waals surface area contributed by atoms with Crippen LogP contribution < -0.4 is 0 Å². The average molecular weight is 355 g/mol. The maximum absolute atomic E-state index is 13.1. The van der Waals surface area contributed by atoms with Crippen LogP contribution in [0.1, 0.15) is 33.7 Å². The number of nitrogens with zero attached hydrogens (tertiary/aromatic N) is 3. The van der Waals surface area contributed by atoms with Crippen LogP contribution in [0.2, 0.25) is 0 Å². The van der Waals surface area contributed by atoms with Gasteiger partial charge in [-0.2, -0.15) is 13.2 Å². The van der Waals surface area contributed by atoms with E-state index in [9.17, 15) is 18.0 Å².